The number of fused-ring (bicyclic) bond motifs is 2. The molecule has 0 aliphatic heterocycles. The molecule has 1 amide bonds. The Labute approximate surface area is 141 Å². The quantitative estimate of drug-likeness (QED) is 0.696. The van der Waals surface area contributed by atoms with E-state index in [-0.39, 0.29) is 29.0 Å². The third kappa shape index (κ3) is 3.58. The molecule has 0 saturated heterocycles. The largest absolute Gasteiger partial charge is 0.351 e. The highest BCUT2D eigenvalue weighted by Crippen LogP contribution is 2.39. The predicted octanol–water partition coefficient (Wildman–Crippen LogP) is 0.321. The predicted molar refractivity (Wildman–Crippen MR) is 89.0 cm³/mol. The second-order valence-corrected chi connectivity index (χ2v) is 7.49. The Hall–Kier alpha value is -1.41. The molecule has 23 heavy (non-hydrogen) atoms. The molecule has 3 rings (SSSR count). The lowest BCUT2D eigenvalue weighted by molar-refractivity contribution is -0.124. The minimum atomic E-state index is -0.584. The highest BCUT2D eigenvalue weighted by Gasteiger charge is 2.39. The normalized spacial score (nSPS) is 30.0. The van der Waals surface area contributed by atoms with E-state index in [0.717, 1.165) is 25.7 Å². The van der Waals surface area contributed by atoms with Crippen LogP contribution in [0.15, 0.2) is 20.3 Å². The first kappa shape index (κ1) is 16.4. The number of aromatic amines is 1. The van der Waals surface area contributed by atoms with Crippen molar-refractivity contribution in [2.24, 2.45) is 17.6 Å². The van der Waals surface area contributed by atoms with Gasteiger partial charge in [0.1, 0.15) is 6.54 Å². The third-order valence-corrected chi connectivity index (χ3v) is 5.55. The molecule has 8 heteroatoms. The Morgan fingerprint density at radius 2 is 2.00 bits per heavy atom. The number of amides is 1. The molecule has 1 aromatic rings. The van der Waals surface area contributed by atoms with E-state index in [1.54, 1.807) is 0 Å². The van der Waals surface area contributed by atoms with Crippen LogP contribution in [0, 0.1) is 11.8 Å². The zero-order valence-electron chi connectivity index (χ0n) is 12.8. The van der Waals surface area contributed by atoms with Crippen molar-refractivity contribution in [2.75, 3.05) is 0 Å². The van der Waals surface area contributed by atoms with E-state index in [1.807, 2.05) is 0 Å². The van der Waals surface area contributed by atoms with Crippen molar-refractivity contribution in [3.63, 3.8) is 0 Å². The van der Waals surface area contributed by atoms with Crippen LogP contribution in [0.4, 0.5) is 0 Å². The number of aromatic nitrogens is 2. The number of carbonyl (C=O) groups is 1. The standard InChI is InChI=1S/C15H21BrN4O3/c16-11-6-20(15(23)19-14(11)22)7-12(21)18-13-8-2-1-3-9(13)5-10(17)4-8/h6,8-10,13H,1-5,7,17H2,(H,18,21)(H,19,22,23). The van der Waals surface area contributed by atoms with Gasteiger partial charge in [-0.25, -0.2) is 4.79 Å². The zero-order valence-corrected chi connectivity index (χ0v) is 14.3. The smallest absolute Gasteiger partial charge is 0.328 e. The van der Waals surface area contributed by atoms with Crippen molar-refractivity contribution in [1.29, 1.82) is 0 Å². The zero-order chi connectivity index (χ0) is 16.6. The maximum absolute atomic E-state index is 12.3. The molecule has 2 fully saturated rings. The lowest BCUT2D eigenvalue weighted by Crippen LogP contribution is -2.54. The molecule has 126 valence electrons. The van der Waals surface area contributed by atoms with Crippen molar-refractivity contribution >= 4 is 21.8 Å². The van der Waals surface area contributed by atoms with Crippen molar-refractivity contribution in [3.8, 4) is 0 Å². The molecule has 2 atom stereocenters. The minimum Gasteiger partial charge on any atom is -0.351 e. The van der Waals surface area contributed by atoms with E-state index in [0.29, 0.717) is 11.8 Å². The third-order valence-electron chi connectivity index (χ3n) is 4.99. The molecule has 2 aliphatic rings. The van der Waals surface area contributed by atoms with Gasteiger partial charge in [0.2, 0.25) is 5.91 Å². The summed E-state index contributed by atoms with van der Waals surface area (Å²) in [5.41, 5.74) is 5.01. The van der Waals surface area contributed by atoms with Gasteiger partial charge >= 0.3 is 5.69 Å². The number of hydrogen-bond donors (Lipinski definition) is 3. The Morgan fingerprint density at radius 3 is 2.65 bits per heavy atom. The summed E-state index contributed by atoms with van der Waals surface area (Å²) in [6.45, 7) is -0.101. The van der Waals surface area contributed by atoms with Gasteiger partial charge in [-0.1, -0.05) is 6.42 Å². The van der Waals surface area contributed by atoms with E-state index < -0.39 is 11.2 Å². The number of nitrogens with one attached hydrogen (secondary N) is 2. The van der Waals surface area contributed by atoms with Gasteiger partial charge in [-0.2, -0.15) is 0 Å². The summed E-state index contributed by atoms with van der Waals surface area (Å²) in [7, 11) is 0. The monoisotopic (exact) mass is 384 g/mol. The van der Waals surface area contributed by atoms with Crippen molar-refractivity contribution < 1.29 is 4.79 Å². The van der Waals surface area contributed by atoms with Crippen LogP contribution < -0.4 is 22.3 Å². The van der Waals surface area contributed by atoms with E-state index in [9.17, 15) is 14.4 Å². The maximum Gasteiger partial charge on any atom is 0.328 e. The second kappa shape index (κ2) is 6.60. The second-order valence-electron chi connectivity index (χ2n) is 6.64. The highest BCUT2D eigenvalue weighted by molar-refractivity contribution is 9.10. The summed E-state index contributed by atoms with van der Waals surface area (Å²) in [5, 5.41) is 3.09. The lowest BCUT2D eigenvalue weighted by Gasteiger charge is -2.45. The van der Waals surface area contributed by atoms with Gasteiger partial charge in [0, 0.05) is 18.3 Å². The summed E-state index contributed by atoms with van der Waals surface area (Å²) < 4.78 is 1.43. The molecular weight excluding hydrogens is 364 g/mol. The van der Waals surface area contributed by atoms with Gasteiger partial charge in [-0.15, -0.1) is 0 Å². The van der Waals surface area contributed by atoms with Crippen LogP contribution in [0.5, 0.6) is 0 Å². The lowest BCUT2D eigenvalue weighted by atomic mass is 9.67. The maximum atomic E-state index is 12.3. The summed E-state index contributed by atoms with van der Waals surface area (Å²) in [4.78, 5) is 37.6. The van der Waals surface area contributed by atoms with Gasteiger partial charge < -0.3 is 11.1 Å². The van der Waals surface area contributed by atoms with Gasteiger partial charge in [-0.05, 0) is 53.4 Å². The first-order chi connectivity index (χ1) is 10.9. The van der Waals surface area contributed by atoms with E-state index in [2.05, 4.69) is 26.2 Å². The number of nitrogens with two attached hydrogens (primary N) is 1. The number of carbonyl (C=O) groups excluding carboxylic acids is 1. The topological polar surface area (TPSA) is 110 Å². The molecular formula is C15H21BrN4O3. The van der Waals surface area contributed by atoms with Gasteiger partial charge in [0.05, 0.1) is 4.47 Å². The molecule has 2 bridgehead atoms. The van der Waals surface area contributed by atoms with Crippen molar-refractivity contribution in [3.05, 3.63) is 31.5 Å². The Morgan fingerprint density at radius 1 is 1.35 bits per heavy atom. The van der Waals surface area contributed by atoms with Crippen molar-refractivity contribution in [1.82, 2.24) is 14.9 Å². The van der Waals surface area contributed by atoms with Gasteiger partial charge in [0.15, 0.2) is 0 Å². The number of H-pyrrole nitrogens is 1. The van der Waals surface area contributed by atoms with Crippen LogP contribution in [0.25, 0.3) is 0 Å². The summed E-state index contributed by atoms with van der Waals surface area (Å²) in [5.74, 6) is 0.657. The molecule has 7 nitrogen and oxygen atoms in total. The number of rotatable bonds is 3. The van der Waals surface area contributed by atoms with Crippen molar-refractivity contribution in [2.45, 2.75) is 50.7 Å². The Kier molecular flexibility index (Phi) is 4.72. The van der Waals surface area contributed by atoms with Gasteiger partial charge in [-0.3, -0.25) is 19.1 Å². The van der Waals surface area contributed by atoms with Crippen LogP contribution in [0.3, 0.4) is 0 Å². The summed E-state index contributed by atoms with van der Waals surface area (Å²) in [6, 6.07) is 0.383. The number of nitrogens with zero attached hydrogens (tertiary/aromatic N) is 1. The van der Waals surface area contributed by atoms with Crippen LogP contribution in [-0.4, -0.2) is 27.5 Å². The Balaban J connectivity index is 1.69. The fourth-order valence-electron chi connectivity index (χ4n) is 4.01. The molecule has 2 saturated carbocycles. The first-order valence-corrected chi connectivity index (χ1v) is 8.77. The molecule has 0 spiro atoms. The highest BCUT2D eigenvalue weighted by atomic mass is 79.9. The van der Waals surface area contributed by atoms with E-state index >= 15 is 0 Å². The van der Waals surface area contributed by atoms with Crippen LogP contribution in [0.2, 0.25) is 0 Å². The molecule has 1 heterocycles. The minimum absolute atomic E-state index is 0.101. The van der Waals surface area contributed by atoms with E-state index in [4.69, 9.17) is 5.73 Å². The molecule has 4 N–H and O–H groups in total. The van der Waals surface area contributed by atoms with Gasteiger partial charge in [0.25, 0.3) is 5.56 Å². The summed E-state index contributed by atoms with van der Waals surface area (Å²) >= 11 is 3.07. The first-order valence-electron chi connectivity index (χ1n) is 7.98. The van der Waals surface area contributed by atoms with Crippen LogP contribution in [0.1, 0.15) is 32.1 Å². The average Bonchev–Trinajstić information content (AvgIpc) is 2.46. The Bertz CT molecular complexity index is 699. The molecule has 2 unspecified atom stereocenters. The SMILES string of the molecule is NC1CC2CCCC(C1)C2NC(=O)Cn1cc(Br)c(=O)[nH]c1=O. The number of halogens is 1. The fraction of sp³-hybridized carbons (Fsp3) is 0.667. The van der Waals surface area contributed by atoms with E-state index in [1.165, 1.54) is 17.2 Å². The van der Waals surface area contributed by atoms with Crippen LogP contribution >= 0.6 is 15.9 Å². The number of hydrogen-bond acceptors (Lipinski definition) is 4. The fourth-order valence-corrected chi connectivity index (χ4v) is 4.36. The average molecular weight is 385 g/mol. The summed E-state index contributed by atoms with van der Waals surface area (Å²) in [6.07, 6.45) is 6.63. The van der Waals surface area contributed by atoms with Crippen LogP contribution in [-0.2, 0) is 11.3 Å². The molecule has 0 radical (unpaired) electrons. The molecule has 1 aromatic heterocycles. The molecule has 0 aromatic carbocycles. The molecule has 2 aliphatic carbocycles.